The van der Waals surface area contributed by atoms with Gasteiger partial charge in [-0.25, -0.2) is 9.78 Å². The number of carbonyl (C=O) groups is 2. The lowest BCUT2D eigenvalue weighted by Crippen LogP contribution is -2.06. The molecule has 0 bridgehead atoms. The number of ether oxygens (including phenoxy) is 1. The molecule has 0 saturated carbocycles. The summed E-state index contributed by atoms with van der Waals surface area (Å²) >= 11 is 0. The molecular weight excluding hydrogens is 226 g/mol. The Morgan fingerprint density at radius 3 is 2.71 bits per heavy atom. The number of aliphatic carboxylic acids is 1. The molecule has 0 fully saturated rings. The second-order valence-corrected chi connectivity index (χ2v) is 3.35. The number of rotatable bonds is 7. The first kappa shape index (κ1) is 13.0. The number of pyridine rings is 1. The Morgan fingerprint density at radius 2 is 2.06 bits per heavy atom. The minimum absolute atomic E-state index is 0.0855. The molecule has 0 atom stereocenters. The van der Waals surface area contributed by atoms with E-state index < -0.39 is 11.9 Å². The topological polar surface area (TPSA) is 96.7 Å². The van der Waals surface area contributed by atoms with Crippen molar-refractivity contribution < 1.29 is 24.5 Å². The Balaban J connectivity index is 2.41. The Hall–Kier alpha value is -2.11. The minimum Gasteiger partial charge on any atom is -0.491 e. The molecule has 0 aromatic carbocycles. The maximum absolute atomic E-state index is 10.8. The molecule has 92 valence electrons. The molecule has 1 aromatic heterocycles. The van der Waals surface area contributed by atoms with Crippen molar-refractivity contribution >= 4 is 11.9 Å². The summed E-state index contributed by atoms with van der Waals surface area (Å²) in [5, 5.41) is 17.2. The van der Waals surface area contributed by atoms with Gasteiger partial charge < -0.3 is 14.9 Å². The molecule has 1 rings (SSSR count). The van der Waals surface area contributed by atoms with Crippen molar-refractivity contribution in [2.24, 2.45) is 0 Å². The number of hydrogen-bond donors (Lipinski definition) is 2. The molecule has 1 aromatic rings. The van der Waals surface area contributed by atoms with Crippen molar-refractivity contribution in [1.82, 2.24) is 4.98 Å². The molecular formula is C11H13NO5. The van der Waals surface area contributed by atoms with Gasteiger partial charge in [-0.1, -0.05) is 0 Å². The highest BCUT2D eigenvalue weighted by Gasteiger charge is 2.11. The van der Waals surface area contributed by atoms with Gasteiger partial charge in [0.2, 0.25) is 0 Å². The van der Waals surface area contributed by atoms with E-state index in [4.69, 9.17) is 14.9 Å². The minimum atomic E-state index is -1.15. The predicted molar refractivity (Wildman–Crippen MR) is 58.2 cm³/mol. The van der Waals surface area contributed by atoms with Gasteiger partial charge in [-0.2, -0.15) is 0 Å². The summed E-state index contributed by atoms with van der Waals surface area (Å²) in [6, 6.07) is 3.10. The van der Waals surface area contributed by atoms with Gasteiger partial charge in [-0.3, -0.25) is 4.79 Å². The summed E-state index contributed by atoms with van der Waals surface area (Å²) in [7, 11) is 0. The first-order chi connectivity index (χ1) is 8.11. The van der Waals surface area contributed by atoms with Crippen LogP contribution in [-0.4, -0.2) is 33.7 Å². The first-order valence-corrected chi connectivity index (χ1v) is 5.14. The number of carboxylic acid groups (broad SMARTS) is 2. The van der Waals surface area contributed by atoms with Gasteiger partial charge in [0, 0.05) is 12.6 Å². The number of aromatic nitrogens is 1. The fourth-order valence-corrected chi connectivity index (χ4v) is 1.23. The van der Waals surface area contributed by atoms with Gasteiger partial charge in [0.25, 0.3) is 0 Å². The second kappa shape index (κ2) is 6.47. The molecule has 0 spiro atoms. The van der Waals surface area contributed by atoms with Crippen molar-refractivity contribution in [1.29, 1.82) is 0 Å². The fraction of sp³-hybridized carbons (Fsp3) is 0.364. The molecule has 0 radical (unpaired) electrons. The Bertz CT molecular complexity index is 405. The zero-order valence-electron chi connectivity index (χ0n) is 9.13. The standard InChI is InChI=1S/C11H13NO5/c13-9(14)5-1-2-7-17-8-4-3-6-12-10(8)11(15)16/h3-4,6H,1-2,5,7H2,(H,13,14)(H,15,16). The van der Waals surface area contributed by atoms with Crippen molar-refractivity contribution in [3.8, 4) is 5.75 Å². The van der Waals surface area contributed by atoms with Crippen molar-refractivity contribution in [3.05, 3.63) is 24.0 Å². The van der Waals surface area contributed by atoms with Crippen LogP contribution in [0.2, 0.25) is 0 Å². The van der Waals surface area contributed by atoms with Crippen LogP contribution in [0.4, 0.5) is 0 Å². The van der Waals surface area contributed by atoms with Crippen LogP contribution in [0.5, 0.6) is 5.75 Å². The van der Waals surface area contributed by atoms with Crippen LogP contribution >= 0.6 is 0 Å². The summed E-state index contributed by atoms with van der Waals surface area (Å²) in [6.07, 6.45) is 2.52. The lowest BCUT2D eigenvalue weighted by molar-refractivity contribution is -0.137. The van der Waals surface area contributed by atoms with E-state index in [1.54, 1.807) is 6.07 Å². The monoisotopic (exact) mass is 239 g/mol. The number of aromatic carboxylic acids is 1. The average molecular weight is 239 g/mol. The fourth-order valence-electron chi connectivity index (χ4n) is 1.23. The summed E-state index contributed by atoms with van der Waals surface area (Å²) in [5.74, 6) is -1.79. The molecule has 0 aliphatic heterocycles. The number of nitrogens with zero attached hydrogens (tertiary/aromatic N) is 1. The number of hydrogen-bond acceptors (Lipinski definition) is 4. The Kier molecular flexibility index (Phi) is 4.93. The Labute approximate surface area is 97.9 Å². The van der Waals surface area contributed by atoms with Gasteiger partial charge in [0.15, 0.2) is 11.4 Å². The molecule has 0 aliphatic rings. The lowest BCUT2D eigenvalue weighted by atomic mass is 10.2. The number of unbranched alkanes of at least 4 members (excludes halogenated alkanes) is 1. The van der Waals surface area contributed by atoms with Crippen LogP contribution < -0.4 is 4.74 Å². The van der Waals surface area contributed by atoms with Crippen LogP contribution in [0.15, 0.2) is 18.3 Å². The molecule has 6 heteroatoms. The molecule has 0 aliphatic carbocycles. The highest BCUT2D eigenvalue weighted by Crippen LogP contribution is 2.15. The van der Waals surface area contributed by atoms with Crippen LogP contribution in [0.3, 0.4) is 0 Å². The highest BCUT2D eigenvalue weighted by molar-refractivity contribution is 5.88. The SMILES string of the molecule is O=C(O)CCCCOc1cccnc1C(=O)O. The van der Waals surface area contributed by atoms with Gasteiger partial charge in [0.1, 0.15) is 0 Å². The summed E-state index contributed by atoms with van der Waals surface area (Å²) in [5.41, 5.74) is -0.134. The average Bonchev–Trinajstić information content (AvgIpc) is 2.28. The quantitative estimate of drug-likeness (QED) is 0.698. The maximum Gasteiger partial charge on any atom is 0.358 e. The van der Waals surface area contributed by atoms with Crippen molar-refractivity contribution in [3.63, 3.8) is 0 Å². The van der Waals surface area contributed by atoms with E-state index in [1.165, 1.54) is 12.3 Å². The molecule has 6 nitrogen and oxygen atoms in total. The molecule has 17 heavy (non-hydrogen) atoms. The van der Waals surface area contributed by atoms with E-state index in [9.17, 15) is 9.59 Å². The van der Waals surface area contributed by atoms with Gasteiger partial charge >= 0.3 is 11.9 Å². The van der Waals surface area contributed by atoms with Crippen LogP contribution in [-0.2, 0) is 4.79 Å². The van der Waals surface area contributed by atoms with Gasteiger partial charge in [-0.15, -0.1) is 0 Å². The van der Waals surface area contributed by atoms with Crippen molar-refractivity contribution in [2.75, 3.05) is 6.61 Å². The highest BCUT2D eigenvalue weighted by atomic mass is 16.5. The van der Waals surface area contributed by atoms with Gasteiger partial charge in [-0.05, 0) is 25.0 Å². The van der Waals surface area contributed by atoms with Crippen LogP contribution in [0, 0.1) is 0 Å². The van der Waals surface area contributed by atoms with E-state index in [-0.39, 0.29) is 24.5 Å². The third-order valence-electron chi connectivity index (χ3n) is 2.02. The third kappa shape index (κ3) is 4.50. The molecule has 0 amide bonds. The summed E-state index contributed by atoms with van der Waals surface area (Å²) < 4.78 is 5.24. The van der Waals surface area contributed by atoms with Gasteiger partial charge in [0.05, 0.1) is 6.61 Å². The van der Waals surface area contributed by atoms with E-state index in [0.29, 0.717) is 12.8 Å². The second-order valence-electron chi connectivity index (χ2n) is 3.35. The molecule has 0 unspecified atom stereocenters. The van der Waals surface area contributed by atoms with E-state index in [0.717, 1.165) is 0 Å². The largest absolute Gasteiger partial charge is 0.491 e. The zero-order valence-corrected chi connectivity index (χ0v) is 9.13. The van der Waals surface area contributed by atoms with E-state index >= 15 is 0 Å². The van der Waals surface area contributed by atoms with Crippen LogP contribution in [0.25, 0.3) is 0 Å². The predicted octanol–water partition coefficient (Wildman–Crippen LogP) is 1.41. The van der Waals surface area contributed by atoms with Crippen LogP contribution in [0.1, 0.15) is 29.8 Å². The molecule has 1 heterocycles. The third-order valence-corrected chi connectivity index (χ3v) is 2.02. The zero-order chi connectivity index (χ0) is 12.7. The summed E-state index contributed by atoms with van der Waals surface area (Å²) in [4.78, 5) is 24.7. The molecule has 2 N–H and O–H groups in total. The maximum atomic E-state index is 10.8. The normalized spacial score (nSPS) is 9.88. The smallest absolute Gasteiger partial charge is 0.358 e. The molecule has 0 saturated heterocycles. The lowest BCUT2D eigenvalue weighted by Gasteiger charge is -2.07. The summed E-state index contributed by atoms with van der Waals surface area (Å²) in [6.45, 7) is 0.277. The first-order valence-electron chi connectivity index (χ1n) is 5.14. The Morgan fingerprint density at radius 1 is 1.29 bits per heavy atom. The van der Waals surface area contributed by atoms with E-state index in [1.807, 2.05) is 0 Å². The van der Waals surface area contributed by atoms with Crippen molar-refractivity contribution in [2.45, 2.75) is 19.3 Å². The number of carboxylic acids is 2. The van der Waals surface area contributed by atoms with E-state index in [2.05, 4.69) is 4.98 Å².